The van der Waals surface area contributed by atoms with Crippen LogP contribution in [-0.2, 0) is 19.1 Å². The maximum absolute atomic E-state index is 11.6. The molecule has 0 fully saturated rings. The molecule has 1 N–H and O–H groups in total. The van der Waals surface area contributed by atoms with Crippen LogP contribution in [0, 0.1) is 5.41 Å². The fourth-order valence-electron chi connectivity index (χ4n) is 1.12. The Morgan fingerprint density at radius 1 is 1.29 bits per heavy atom. The van der Waals surface area contributed by atoms with Crippen LogP contribution in [-0.4, -0.2) is 30.4 Å². The lowest BCUT2D eigenvalue weighted by Crippen LogP contribution is -2.28. The quantitative estimate of drug-likeness (QED) is 0.383. The van der Waals surface area contributed by atoms with E-state index in [1.807, 2.05) is 6.92 Å². The number of carboxylic acids is 1. The van der Waals surface area contributed by atoms with Gasteiger partial charge < -0.3 is 14.6 Å². The lowest BCUT2D eigenvalue weighted by Gasteiger charge is -2.21. The molecule has 0 unspecified atom stereocenters. The Kier molecular flexibility index (Phi) is 7.54. The molecule has 0 amide bonds. The van der Waals surface area contributed by atoms with Gasteiger partial charge in [-0.15, -0.1) is 0 Å². The maximum atomic E-state index is 11.6. The van der Waals surface area contributed by atoms with E-state index >= 15 is 0 Å². The molecule has 17 heavy (non-hydrogen) atoms. The van der Waals surface area contributed by atoms with Crippen molar-refractivity contribution in [2.45, 2.75) is 46.5 Å². The Morgan fingerprint density at radius 3 is 2.47 bits per heavy atom. The molecule has 0 saturated heterocycles. The minimum atomic E-state index is -0.912. The first kappa shape index (κ1) is 15.9. The van der Waals surface area contributed by atoms with Gasteiger partial charge in [0.2, 0.25) is 0 Å². The molecule has 0 heterocycles. The fraction of sp³-hybridized carbons (Fsp3) is 0.833. The second kappa shape index (κ2) is 8.06. The number of carbonyl (C=O) groups is 2. The Bertz CT molecular complexity index is 247. The van der Waals surface area contributed by atoms with Gasteiger partial charge in [0.05, 0.1) is 12.0 Å². The Morgan fingerprint density at radius 2 is 1.94 bits per heavy atom. The second-order valence-electron chi connectivity index (χ2n) is 4.59. The van der Waals surface area contributed by atoms with Gasteiger partial charge in [-0.05, 0) is 26.7 Å². The number of unbranched alkanes of at least 4 members (excludes halogenated alkanes) is 1. The first-order valence-electron chi connectivity index (χ1n) is 5.87. The molecule has 0 spiro atoms. The number of carboxylic acid groups (broad SMARTS) is 1. The molecule has 0 aliphatic rings. The van der Waals surface area contributed by atoms with Gasteiger partial charge in [0.1, 0.15) is 0 Å². The van der Waals surface area contributed by atoms with Crippen molar-refractivity contribution >= 4 is 11.9 Å². The van der Waals surface area contributed by atoms with Gasteiger partial charge in [-0.1, -0.05) is 13.3 Å². The highest BCUT2D eigenvalue weighted by atomic mass is 16.7. The molecule has 0 radical (unpaired) electrons. The predicted octanol–water partition coefficient (Wildman–Crippen LogP) is 2.19. The molecule has 0 aromatic heterocycles. The van der Waals surface area contributed by atoms with E-state index in [4.69, 9.17) is 14.6 Å². The van der Waals surface area contributed by atoms with Crippen molar-refractivity contribution in [2.75, 3.05) is 13.4 Å². The van der Waals surface area contributed by atoms with E-state index in [-0.39, 0.29) is 19.6 Å². The van der Waals surface area contributed by atoms with Crippen molar-refractivity contribution in [3.8, 4) is 0 Å². The summed E-state index contributed by atoms with van der Waals surface area (Å²) in [7, 11) is 0. The third-order valence-electron chi connectivity index (χ3n) is 2.43. The largest absolute Gasteiger partial charge is 0.481 e. The summed E-state index contributed by atoms with van der Waals surface area (Å²) in [6.07, 6.45) is 2.17. The summed E-state index contributed by atoms with van der Waals surface area (Å²) in [6, 6.07) is 0. The summed E-state index contributed by atoms with van der Waals surface area (Å²) in [5, 5.41) is 8.55. The average molecular weight is 246 g/mol. The van der Waals surface area contributed by atoms with Crippen molar-refractivity contribution in [3.05, 3.63) is 0 Å². The molecule has 0 saturated carbocycles. The summed E-state index contributed by atoms with van der Waals surface area (Å²) in [5.74, 6) is -1.33. The second-order valence-corrected chi connectivity index (χ2v) is 4.59. The Labute approximate surface area is 102 Å². The first-order valence-corrected chi connectivity index (χ1v) is 5.87. The zero-order chi connectivity index (χ0) is 13.3. The molecule has 0 atom stereocenters. The van der Waals surface area contributed by atoms with E-state index in [0.717, 1.165) is 12.8 Å². The summed E-state index contributed by atoms with van der Waals surface area (Å²) < 4.78 is 10.0. The molecule has 0 aliphatic heterocycles. The van der Waals surface area contributed by atoms with Gasteiger partial charge in [0, 0.05) is 6.42 Å². The minimum absolute atomic E-state index is 0.0429. The van der Waals surface area contributed by atoms with Crippen LogP contribution in [0.4, 0.5) is 0 Å². The molecule has 0 bridgehead atoms. The van der Waals surface area contributed by atoms with E-state index in [1.54, 1.807) is 13.8 Å². The van der Waals surface area contributed by atoms with E-state index in [9.17, 15) is 9.59 Å². The van der Waals surface area contributed by atoms with Crippen molar-refractivity contribution in [2.24, 2.45) is 5.41 Å². The van der Waals surface area contributed by atoms with Crippen LogP contribution in [0.3, 0.4) is 0 Å². The zero-order valence-corrected chi connectivity index (χ0v) is 10.8. The van der Waals surface area contributed by atoms with Gasteiger partial charge in [-0.3, -0.25) is 9.59 Å². The predicted molar refractivity (Wildman–Crippen MR) is 62.5 cm³/mol. The zero-order valence-electron chi connectivity index (χ0n) is 10.8. The fourth-order valence-corrected chi connectivity index (χ4v) is 1.12. The third-order valence-corrected chi connectivity index (χ3v) is 2.43. The standard InChI is InChI=1S/C12H22O5/c1-4-5-8-16-9-17-11(15)12(2,3)7-6-10(13)14/h4-9H2,1-3H3,(H,13,14). The van der Waals surface area contributed by atoms with Crippen LogP contribution in [0.5, 0.6) is 0 Å². The molecular formula is C12H22O5. The van der Waals surface area contributed by atoms with Gasteiger partial charge in [0.15, 0.2) is 6.79 Å². The highest BCUT2D eigenvalue weighted by Crippen LogP contribution is 2.24. The van der Waals surface area contributed by atoms with Crippen LogP contribution >= 0.6 is 0 Å². The monoisotopic (exact) mass is 246 g/mol. The molecule has 0 aromatic rings. The van der Waals surface area contributed by atoms with Gasteiger partial charge in [-0.25, -0.2) is 0 Å². The topological polar surface area (TPSA) is 72.8 Å². The first-order chi connectivity index (χ1) is 7.90. The molecule has 5 nitrogen and oxygen atoms in total. The number of aliphatic carboxylic acids is 1. The number of esters is 1. The van der Waals surface area contributed by atoms with Crippen molar-refractivity contribution in [1.29, 1.82) is 0 Å². The van der Waals surface area contributed by atoms with Crippen LogP contribution in [0.1, 0.15) is 46.5 Å². The van der Waals surface area contributed by atoms with Crippen LogP contribution in [0.2, 0.25) is 0 Å². The van der Waals surface area contributed by atoms with E-state index in [2.05, 4.69) is 0 Å². The highest BCUT2D eigenvalue weighted by molar-refractivity contribution is 5.77. The number of carbonyl (C=O) groups excluding carboxylic acids is 1. The van der Waals surface area contributed by atoms with Crippen molar-refractivity contribution in [1.82, 2.24) is 0 Å². The number of rotatable bonds is 9. The van der Waals surface area contributed by atoms with Gasteiger partial charge >= 0.3 is 11.9 Å². The van der Waals surface area contributed by atoms with Gasteiger partial charge in [0.25, 0.3) is 0 Å². The average Bonchev–Trinajstić information content (AvgIpc) is 2.26. The minimum Gasteiger partial charge on any atom is -0.481 e. The molecular weight excluding hydrogens is 224 g/mol. The third kappa shape index (κ3) is 7.74. The molecule has 0 aromatic carbocycles. The SMILES string of the molecule is CCCCOCOC(=O)C(C)(C)CCC(=O)O. The number of hydrogen-bond donors (Lipinski definition) is 1. The molecule has 0 rings (SSSR count). The van der Waals surface area contributed by atoms with Crippen LogP contribution in [0.25, 0.3) is 0 Å². The van der Waals surface area contributed by atoms with E-state index in [1.165, 1.54) is 0 Å². The van der Waals surface area contributed by atoms with Gasteiger partial charge in [-0.2, -0.15) is 0 Å². The number of ether oxygens (including phenoxy) is 2. The lowest BCUT2D eigenvalue weighted by atomic mass is 9.88. The maximum Gasteiger partial charge on any atom is 0.313 e. The summed E-state index contributed by atoms with van der Waals surface area (Å²) >= 11 is 0. The Hall–Kier alpha value is -1.10. The Balaban J connectivity index is 3.82. The smallest absolute Gasteiger partial charge is 0.313 e. The highest BCUT2D eigenvalue weighted by Gasteiger charge is 2.29. The van der Waals surface area contributed by atoms with E-state index in [0.29, 0.717) is 6.61 Å². The molecule has 5 heteroatoms. The number of hydrogen-bond acceptors (Lipinski definition) is 4. The summed E-state index contributed by atoms with van der Waals surface area (Å²) in [4.78, 5) is 22.0. The molecule has 100 valence electrons. The summed E-state index contributed by atoms with van der Waals surface area (Å²) in [5.41, 5.74) is -0.785. The molecule has 0 aliphatic carbocycles. The lowest BCUT2D eigenvalue weighted by molar-refractivity contribution is -0.167. The summed E-state index contributed by atoms with van der Waals surface area (Å²) in [6.45, 7) is 5.90. The van der Waals surface area contributed by atoms with Crippen molar-refractivity contribution < 1.29 is 24.2 Å². The van der Waals surface area contributed by atoms with E-state index < -0.39 is 17.4 Å². The van der Waals surface area contributed by atoms with Crippen molar-refractivity contribution in [3.63, 3.8) is 0 Å². The normalized spacial score (nSPS) is 11.2. The van der Waals surface area contributed by atoms with Crippen LogP contribution < -0.4 is 0 Å². The van der Waals surface area contributed by atoms with Crippen LogP contribution in [0.15, 0.2) is 0 Å².